The molecule has 0 fully saturated rings. The lowest BCUT2D eigenvalue weighted by atomic mass is 9.97. The number of carbonyl (C=O) groups is 2. The zero-order chi connectivity index (χ0) is 24.3. The summed E-state index contributed by atoms with van der Waals surface area (Å²) in [6.45, 7) is 5.11. The van der Waals surface area contributed by atoms with E-state index in [9.17, 15) is 22.8 Å². The van der Waals surface area contributed by atoms with Crippen molar-refractivity contribution in [2.75, 3.05) is 13.2 Å². The van der Waals surface area contributed by atoms with Gasteiger partial charge in [-0.3, -0.25) is 4.79 Å². The number of ether oxygens (including phenoxy) is 2. The normalized spacial score (nSPS) is 14.4. The van der Waals surface area contributed by atoms with Crippen LogP contribution in [0, 0.1) is 6.92 Å². The molecule has 1 aliphatic rings. The average Bonchev–Trinajstić information content (AvgIpc) is 3.06. The summed E-state index contributed by atoms with van der Waals surface area (Å²) in [6.07, 6.45) is -2.46. The number of esters is 1. The van der Waals surface area contributed by atoms with Gasteiger partial charge in [-0.2, -0.15) is 13.2 Å². The van der Waals surface area contributed by atoms with Crippen molar-refractivity contribution in [2.24, 2.45) is 5.73 Å². The molecule has 2 N–H and O–H groups in total. The van der Waals surface area contributed by atoms with Crippen LogP contribution in [0.15, 0.2) is 42.0 Å². The third-order valence-electron chi connectivity index (χ3n) is 5.29. The smallest absolute Gasteiger partial charge is 0.416 e. The number of benzene rings is 2. The molecule has 0 saturated heterocycles. The van der Waals surface area contributed by atoms with Crippen molar-refractivity contribution < 1.29 is 32.2 Å². The molecular weight excluding hydrogens is 435 g/mol. The summed E-state index contributed by atoms with van der Waals surface area (Å²) in [7, 11) is 0. The number of rotatable bonds is 7. The van der Waals surface area contributed by atoms with Crippen molar-refractivity contribution in [3.63, 3.8) is 0 Å². The van der Waals surface area contributed by atoms with E-state index in [1.165, 1.54) is 6.07 Å². The van der Waals surface area contributed by atoms with Gasteiger partial charge in [0.05, 0.1) is 17.7 Å². The van der Waals surface area contributed by atoms with E-state index in [1.54, 1.807) is 38.1 Å². The van der Waals surface area contributed by atoms with Crippen LogP contribution in [0.25, 0.3) is 17.2 Å². The molecule has 3 rings (SSSR count). The summed E-state index contributed by atoms with van der Waals surface area (Å²) >= 11 is 0. The fraction of sp³-hybridized carbons (Fsp3) is 0.280. The highest BCUT2D eigenvalue weighted by molar-refractivity contribution is 6.28. The van der Waals surface area contributed by atoms with Crippen molar-refractivity contribution in [3.05, 3.63) is 69.8 Å². The molecule has 8 heteroatoms. The standard InChI is InChI=1S/C25H24F3NO4/c1-4-17-19(12-15-7-6-8-16(11-15)25(26,27)28)18-10-9-14(3)23(21(18)22(17)24(29)31)33-13-20(30)32-5-2/h6-12H,4-5,13H2,1-3H3,(H2,29,31). The lowest BCUT2D eigenvalue weighted by molar-refractivity contribution is -0.145. The van der Waals surface area contributed by atoms with E-state index < -0.39 is 23.6 Å². The second-order valence-corrected chi connectivity index (χ2v) is 7.48. The molecule has 0 unspecified atom stereocenters. The third kappa shape index (κ3) is 4.94. The summed E-state index contributed by atoms with van der Waals surface area (Å²) in [5.74, 6) is -0.938. The minimum atomic E-state index is -4.48. The number of alkyl halides is 3. The fourth-order valence-electron chi connectivity index (χ4n) is 3.90. The van der Waals surface area contributed by atoms with Gasteiger partial charge in [0, 0.05) is 5.56 Å². The molecule has 2 aromatic rings. The Bertz CT molecular complexity index is 1160. The Balaban J connectivity index is 2.18. The third-order valence-corrected chi connectivity index (χ3v) is 5.29. The van der Waals surface area contributed by atoms with E-state index in [0.717, 1.165) is 12.1 Å². The van der Waals surface area contributed by atoms with Crippen molar-refractivity contribution in [1.29, 1.82) is 0 Å². The first kappa shape index (κ1) is 24.1. The van der Waals surface area contributed by atoms with Gasteiger partial charge in [-0.15, -0.1) is 0 Å². The number of nitrogens with two attached hydrogens (primary N) is 1. The van der Waals surface area contributed by atoms with Gasteiger partial charge in [-0.25, -0.2) is 4.79 Å². The van der Waals surface area contributed by atoms with Crippen molar-refractivity contribution >= 4 is 29.1 Å². The summed E-state index contributed by atoms with van der Waals surface area (Å²) in [5.41, 5.74) is 8.40. The molecule has 0 radical (unpaired) electrons. The number of amides is 1. The lowest BCUT2D eigenvalue weighted by Gasteiger charge is -2.15. The van der Waals surface area contributed by atoms with Crippen molar-refractivity contribution in [1.82, 2.24) is 0 Å². The SMILES string of the molecule is CCOC(=O)COc1c(C)ccc2c1C(C(N)=O)=C(CC)C2=Cc1cccc(C(F)(F)F)c1. The first-order valence-corrected chi connectivity index (χ1v) is 10.4. The molecule has 0 aromatic heterocycles. The number of hydrogen-bond acceptors (Lipinski definition) is 4. The zero-order valence-corrected chi connectivity index (χ0v) is 18.5. The summed E-state index contributed by atoms with van der Waals surface area (Å²) in [5, 5.41) is 0. The Morgan fingerprint density at radius 3 is 2.45 bits per heavy atom. The first-order valence-electron chi connectivity index (χ1n) is 10.4. The van der Waals surface area contributed by atoms with Gasteiger partial charge in [0.1, 0.15) is 5.75 Å². The lowest BCUT2D eigenvalue weighted by Crippen LogP contribution is -2.17. The van der Waals surface area contributed by atoms with Crippen LogP contribution in [0.5, 0.6) is 5.75 Å². The molecule has 1 aliphatic carbocycles. The van der Waals surface area contributed by atoms with Crippen molar-refractivity contribution in [2.45, 2.75) is 33.4 Å². The quantitative estimate of drug-likeness (QED) is 0.581. The molecule has 174 valence electrons. The molecule has 5 nitrogen and oxygen atoms in total. The van der Waals surface area contributed by atoms with Crippen LogP contribution in [-0.2, 0) is 20.5 Å². The highest BCUT2D eigenvalue weighted by atomic mass is 19.4. The molecular formula is C25H24F3NO4. The largest absolute Gasteiger partial charge is 0.481 e. The van der Waals surface area contributed by atoms with Gasteiger partial charge in [-0.1, -0.05) is 31.2 Å². The summed E-state index contributed by atoms with van der Waals surface area (Å²) in [4.78, 5) is 24.3. The minimum absolute atomic E-state index is 0.199. The number of allylic oxidation sites excluding steroid dienone is 2. The number of fused-ring (bicyclic) bond motifs is 1. The van der Waals surface area contributed by atoms with E-state index >= 15 is 0 Å². The van der Waals surface area contributed by atoms with E-state index in [-0.39, 0.29) is 18.8 Å². The van der Waals surface area contributed by atoms with Gasteiger partial charge in [0.25, 0.3) is 0 Å². The van der Waals surface area contributed by atoms with E-state index in [0.29, 0.717) is 45.6 Å². The highest BCUT2D eigenvalue weighted by Gasteiger charge is 2.33. The van der Waals surface area contributed by atoms with Crippen LogP contribution >= 0.6 is 0 Å². The van der Waals surface area contributed by atoms with Gasteiger partial charge >= 0.3 is 12.1 Å². The maximum atomic E-state index is 13.2. The summed E-state index contributed by atoms with van der Waals surface area (Å²) in [6, 6.07) is 8.47. The molecule has 1 amide bonds. The van der Waals surface area contributed by atoms with Crippen LogP contribution in [-0.4, -0.2) is 25.1 Å². The van der Waals surface area contributed by atoms with Crippen LogP contribution in [0.3, 0.4) is 0 Å². The fourth-order valence-corrected chi connectivity index (χ4v) is 3.90. The van der Waals surface area contributed by atoms with Crippen LogP contribution in [0.1, 0.15) is 48.1 Å². The van der Waals surface area contributed by atoms with Gasteiger partial charge in [0.2, 0.25) is 5.91 Å². The molecule has 0 heterocycles. The predicted octanol–water partition coefficient (Wildman–Crippen LogP) is 5.16. The number of primary amides is 1. The number of carbonyl (C=O) groups excluding carboxylic acids is 2. The van der Waals surface area contributed by atoms with Crippen LogP contribution < -0.4 is 10.5 Å². The van der Waals surface area contributed by atoms with E-state index in [2.05, 4.69) is 0 Å². The molecule has 0 saturated carbocycles. The number of halogens is 3. The monoisotopic (exact) mass is 459 g/mol. The predicted molar refractivity (Wildman–Crippen MR) is 119 cm³/mol. The molecule has 0 spiro atoms. The van der Waals surface area contributed by atoms with Crippen LogP contribution in [0.4, 0.5) is 13.2 Å². The first-order chi connectivity index (χ1) is 15.6. The molecule has 0 aliphatic heterocycles. The van der Waals surface area contributed by atoms with E-state index in [4.69, 9.17) is 15.2 Å². The Labute approximate surface area is 189 Å². The second-order valence-electron chi connectivity index (χ2n) is 7.48. The molecule has 0 bridgehead atoms. The Kier molecular flexibility index (Phi) is 6.95. The zero-order valence-electron chi connectivity index (χ0n) is 18.5. The van der Waals surface area contributed by atoms with E-state index in [1.807, 2.05) is 6.92 Å². The van der Waals surface area contributed by atoms with Crippen LogP contribution in [0.2, 0.25) is 0 Å². The topological polar surface area (TPSA) is 78.6 Å². The molecule has 33 heavy (non-hydrogen) atoms. The van der Waals surface area contributed by atoms with Gasteiger partial charge < -0.3 is 15.2 Å². The average molecular weight is 459 g/mol. The maximum Gasteiger partial charge on any atom is 0.416 e. The Morgan fingerprint density at radius 2 is 1.85 bits per heavy atom. The van der Waals surface area contributed by atoms with Crippen molar-refractivity contribution in [3.8, 4) is 5.75 Å². The molecule has 0 atom stereocenters. The highest BCUT2D eigenvalue weighted by Crippen LogP contribution is 2.48. The summed E-state index contributed by atoms with van der Waals surface area (Å²) < 4.78 is 50.2. The van der Waals surface area contributed by atoms with Gasteiger partial charge in [-0.05, 0) is 66.3 Å². The second kappa shape index (κ2) is 9.52. The number of hydrogen-bond donors (Lipinski definition) is 1. The number of aryl methyl sites for hydroxylation is 1. The Morgan fingerprint density at radius 1 is 1.12 bits per heavy atom. The Hall–Kier alpha value is -3.55. The maximum absolute atomic E-state index is 13.2. The molecule has 2 aromatic carbocycles. The van der Waals surface area contributed by atoms with Gasteiger partial charge in [0.15, 0.2) is 6.61 Å². The minimum Gasteiger partial charge on any atom is -0.481 e.